The smallest absolute Gasteiger partial charge is 0.352 e. The summed E-state index contributed by atoms with van der Waals surface area (Å²) >= 11 is 6.00. The summed E-state index contributed by atoms with van der Waals surface area (Å²) in [6, 6.07) is 5.27. The topological polar surface area (TPSA) is 79.2 Å². The maximum Gasteiger partial charge on any atom is 0.352 e. The van der Waals surface area contributed by atoms with Crippen LogP contribution in [0.5, 0.6) is 0 Å². The second-order valence-electron chi connectivity index (χ2n) is 4.94. The van der Waals surface area contributed by atoms with Crippen molar-refractivity contribution in [2.75, 3.05) is 18.4 Å². The van der Waals surface area contributed by atoms with Crippen LogP contribution < -0.4 is 10.6 Å². The average molecular weight is 323 g/mol. The zero-order chi connectivity index (χ0) is 16.1. The van der Waals surface area contributed by atoms with E-state index in [0.717, 1.165) is 11.3 Å². The lowest BCUT2D eigenvalue weighted by molar-refractivity contribution is 0.0686. The molecule has 7 heteroatoms. The van der Waals surface area contributed by atoms with Crippen molar-refractivity contribution in [1.82, 2.24) is 14.9 Å². The normalized spacial score (nSPS) is 10.7. The van der Waals surface area contributed by atoms with E-state index in [4.69, 9.17) is 16.7 Å². The van der Waals surface area contributed by atoms with E-state index in [2.05, 4.69) is 15.6 Å². The van der Waals surface area contributed by atoms with E-state index in [0.29, 0.717) is 36.2 Å². The Kier molecular flexibility index (Phi) is 5.41. The zero-order valence-corrected chi connectivity index (χ0v) is 13.3. The molecule has 0 spiro atoms. The van der Waals surface area contributed by atoms with Crippen LogP contribution in [0.25, 0.3) is 0 Å². The highest BCUT2D eigenvalue weighted by Gasteiger charge is 2.13. The molecule has 0 unspecified atom stereocenters. The summed E-state index contributed by atoms with van der Waals surface area (Å²) in [6.07, 6.45) is 1.68. The first-order valence-corrected chi connectivity index (χ1v) is 7.32. The Labute approximate surface area is 134 Å². The van der Waals surface area contributed by atoms with Crippen molar-refractivity contribution in [3.63, 3.8) is 0 Å². The van der Waals surface area contributed by atoms with Gasteiger partial charge in [0.2, 0.25) is 0 Å². The summed E-state index contributed by atoms with van der Waals surface area (Å²) in [7, 11) is 1.76. The number of rotatable bonds is 7. The van der Waals surface area contributed by atoms with Crippen molar-refractivity contribution in [3.8, 4) is 0 Å². The van der Waals surface area contributed by atoms with Crippen LogP contribution in [0.3, 0.4) is 0 Å². The molecule has 0 aliphatic carbocycles. The molecule has 118 valence electrons. The molecule has 2 aromatic heterocycles. The van der Waals surface area contributed by atoms with Crippen molar-refractivity contribution in [2.45, 2.75) is 13.5 Å². The molecule has 0 aliphatic heterocycles. The van der Waals surface area contributed by atoms with Crippen LogP contribution in [0.2, 0.25) is 5.02 Å². The minimum Gasteiger partial charge on any atom is -0.477 e. The third-order valence-electron chi connectivity index (χ3n) is 3.53. The molecule has 0 amide bonds. The second kappa shape index (κ2) is 7.29. The van der Waals surface area contributed by atoms with Gasteiger partial charge in [-0.25, -0.2) is 9.78 Å². The van der Waals surface area contributed by atoms with Gasteiger partial charge in [-0.05, 0) is 30.7 Å². The van der Waals surface area contributed by atoms with Gasteiger partial charge in [0.15, 0.2) is 0 Å². The number of carboxylic acid groups (broad SMARTS) is 1. The molecule has 22 heavy (non-hydrogen) atoms. The number of hydrogen-bond acceptors (Lipinski definition) is 4. The Morgan fingerprint density at radius 1 is 1.45 bits per heavy atom. The van der Waals surface area contributed by atoms with E-state index in [1.807, 2.05) is 6.92 Å². The first kappa shape index (κ1) is 16.3. The van der Waals surface area contributed by atoms with Gasteiger partial charge in [0.1, 0.15) is 11.5 Å². The van der Waals surface area contributed by atoms with Gasteiger partial charge in [0.25, 0.3) is 0 Å². The van der Waals surface area contributed by atoms with Gasteiger partial charge in [0.05, 0.1) is 5.02 Å². The van der Waals surface area contributed by atoms with E-state index in [1.165, 1.54) is 0 Å². The summed E-state index contributed by atoms with van der Waals surface area (Å²) in [5, 5.41) is 16.1. The lowest BCUT2D eigenvalue weighted by Crippen LogP contribution is -2.22. The van der Waals surface area contributed by atoms with Crippen LogP contribution in [0.4, 0.5) is 5.82 Å². The molecule has 2 heterocycles. The van der Waals surface area contributed by atoms with Crippen molar-refractivity contribution < 1.29 is 9.90 Å². The van der Waals surface area contributed by atoms with Crippen LogP contribution in [-0.4, -0.2) is 33.7 Å². The molecule has 0 saturated heterocycles. The Morgan fingerprint density at radius 3 is 2.86 bits per heavy atom. The number of carboxylic acids is 1. The monoisotopic (exact) mass is 322 g/mol. The molecule has 2 rings (SSSR count). The Bertz CT molecular complexity index is 670. The first-order chi connectivity index (χ1) is 10.5. The Hall–Kier alpha value is -2.05. The molecular weight excluding hydrogens is 304 g/mol. The highest BCUT2D eigenvalue weighted by Crippen LogP contribution is 2.16. The van der Waals surface area contributed by atoms with Crippen molar-refractivity contribution in [1.29, 1.82) is 0 Å². The molecule has 0 bridgehead atoms. The van der Waals surface area contributed by atoms with Crippen LogP contribution in [0, 0.1) is 6.92 Å². The maximum atomic E-state index is 11.1. The summed E-state index contributed by atoms with van der Waals surface area (Å²) in [6.45, 7) is 3.91. The Balaban J connectivity index is 1.81. The van der Waals surface area contributed by atoms with Crippen LogP contribution in [-0.2, 0) is 13.6 Å². The SMILES string of the molecule is Cc1c(CNCCNc2ncccc2Cl)cc(C(=O)O)n1C. The van der Waals surface area contributed by atoms with Gasteiger partial charge < -0.3 is 20.3 Å². The van der Waals surface area contributed by atoms with Gasteiger partial charge in [-0.2, -0.15) is 0 Å². The minimum atomic E-state index is -0.914. The van der Waals surface area contributed by atoms with E-state index in [1.54, 1.807) is 36.0 Å². The van der Waals surface area contributed by atoms with Crippen LogP contribution >= 0.6 is 11.6 Å². The summed E-state index contributed by atoms with van der Waals surface area (Å²) < 4.78 is 1.69. The average Bonchev–Trinajstić information content (AvgIpc) is 2.77. The number of hydrogen-bond donors (Lipinski definition) is 3. The van der Waals surface area contributed by atoms with Crippen LogP contribution in [0.15, 0.2) is 24.4 Å². The minimum absolute atomic E-state index is 0.299. The lowest BCUT2D eigenvalue weighted by Gasteiger charge is -2.08. The number of aromatic nitrogens is 2. The predicted octanol–water partition coefficient (Wildman–Crippen LogP) is 2.28. The maximum absolute atomic E-state index is 11.1. The highest BCUT2D eigenvalue weighted by molar-refractivity contribution is 6.32. The molecule has 0 aromatic carbocycles. The zero-order valence-electron chi connectivity index (χ0n) is 12.6. The van der Waals surface area contributed by atoms with Crippen LogP contribution in [0.1, 0.15) is 21.7 Å². The second-order valence-corrected chi connectivity index (χ2v) is 5.35. The summed E-state index contributed by atoms with van der Waals surface area (Å²) in [5.41, 5.74) is 2.23. The molecule has 3 N–H and O–H groups in total. The summed E-state index contributed by atoms with van der Waals surface area (Å²) in [5.74, 6) is -0.252. The van der Waals surface area contributed by atoms with Gasteiger partial charge in [-0.3, -0.25) is 0 Å². The van der Waals surface area contributed by atoms with E-state index in [-0.39, 0.29) is 0 Å². The fourth-order valence-corrected chi connectivity index (χ4v) is 2.34. The van der Waals surface area contributed by atoms with Gasteiger partial charge in [0, 0.05) is 38.6 Å². The van der Waals surface area contributed by atoms with Crippen molar-refractivity contribution in [2.24, 2.45) is 7.05 Å². The first-order valence-electron chi connectivity index (χ1n) is 6.94. The van der Waals surface area contributed by atoms with Gasteiger partial charge in [-0.15, -0.1) is 0 Å². The number of halogens is 1. The third kappa shape index (κ3) is 3.78. The number of anilines is 1. The fraction of sp³-hybridized carbons (Fsp3) is 0.333. The molecule has 0 saturated carbocycles. The number of carbonyl (C=O) groups is 1. The van der Waals surface area contributed by atoms with E-state index in [9.17, 15) is 4.79 Å². The predicted molar refractivity (Wildman–Crippen MR) is 86.6 cm³/mol. The number of pyridine rings is 1. The molecule has 6 nitrogen and oxygen atoms in total. The lowest BCUT2D eigenvalue weighted by atomic mass is 10.2. The fourth-order valence-electron chi connectivity index (χ4n) is 2.15. The quantitative estimate of drug-likeness (QED) is 0.682. The number of nitrogens with one attached hydrogen (secondary N) is 2. The van der Waals surface area contributed by atoms with Gasteiger partial charge in [-0.1, -0.05) is 11.6 Å². The van der Waals surface area contributed by atoms with Crippen molar-refractivity contribution in [3.05, 3.63) is 46.4 Å². The largest absolute Gasteiger partial charge is 0.477 e. The standard InChI is InChI=1S/C15H19ClN4O2/c1-10-11(8-13(15(21)22)20(10)2)9-17-6-7-19-14-12(16)4-3-5-18-14/h3-5,8,17H,6-7,9H2,1-2H3,(H,18,19)(H,21,22). The molecular formula is C15H19ClN4O2. The van der Waals surface area contributed by atoms with E-state index < -0.39 is 5.97 Å². The molecule has 0 aliphatic rings. The van der Waals surface area contributed by atoms with E-state index >= 15 is 0 Å². The third-order valence-corrected chi connectivity index (χ3v) is 3.83. The number of nitrogens with zero attached hydrogens (tertiary/aromatic N) is 2. The number of aromatic carboxylic acids is 1. The Morgan fingerprint density at radius 2 is 2.23 bits per heavy atom. The molecule has 0 atom stereocenters. The van der Waals surface area contributed by atoms with Crippen molar-refractivity contribution >= 4 is 23.4 Å². The highest BCUT2D eigenvalue weighted by atomic mass is 35.5. The molecule has 2 aromatic rings. The van der Waals surface area contributed by atoms with Gasteiger partial charge >= 0.3 is 5.97 Å². The molecule has 0 fully saturated rings. The molecule has 0 radical (unpaired) electrons. The summed E-state index contributed by atoms with van der Waals surface area (Å²) in [4.78, 5) is 15.2.